The highest BCUT2D eigenvalue weighted by molar-refractivity contribution is 4.66. The molecule has 0 aliphatic carbocycles. The van der Waals surface area contributed by atoms with Crippen molar-refractivity contribution >= 4 is 0 Å². The first-order valence-corrected chi connectivity index (χ1v) is 7.11. The van der Waals surface area contributed by atoms with E-state index in [1.807, 2.05) is 0 Å². The van der Waals surface area contributed by atoms with E-state index in [1.165, 1.54) is 44.9 Å². The summed E-state index contributed by atoms with van der Waals surface area (Å²) in [7, 11) is 0. The van der Waals surface area contributed by atoms with Gasteiger partial charge in [-0.2, -0.15) is 0 Å². The van der Waals surface area contributed by atoms with E-state index in [-0.39, 0.29) is 0 Å². The van der Waals surface area contributed by atoms with Crippen LogP contribution in [0, 0.1) is 17.8 Å². The van der Waals surface area contributed by atoms with Crippen LogP contribution in [0.2, 0.25) is 0 Å². The Bertz CT molecular complexity index is 120. The van der Waals surface area contributed by atoms with Gasteiger partial charge in [-0.05, 0) is 17.8 Å². The Morgan fingerprint density at radius 2 is 1.27 bits per heavy atom. The maximum atomic E-state index is 2.47. The third-order valence-electron chi connectivity index (χ3n) is 3.56. The van der Waals surface area contributed by atoms with E-state index in [2.05, 4.69) is 34.6 Å². The molecular formula is C15H32. The summed E-state index contributed by atoms with van der Waals surface area (Å²) in [5.41, 5.74) is 0. The molecule has 0 radical (unpaired) electrons. The molecule has 15 heavy (non-hydrogen) atoms. The van der Waals surface area contributed by atoms with Crippen LogP contribution in [0.25, 0.3) is 0 Å². The minimum absolute atomic E-state index is 0.882. The van der Waals surface area contributed by atoms with Crippen LogP contribution in [0.3, 0.4) is 0 Å². The Morgan fingerprint density at radius 1 is 0.733 bits per heavy atom. The Balaban J connectivity index is 3.74. The van der Waals surface area contributed by atoms with E-state index in [4.69, 9.17) is 0 Å². The molecule has 0 heteroatoms. The van der Waals surface area contributed by atoms with Crippen LogP contribution in [-0.2, 0) is 0 Å². The molecule has 92 valence electrons. The maximum absolute atomic E-state index is 2.47. The lowest BCUT2D eigenvalue weighted by Crippen LogP contribution is -2.11. The molecule has 0 saturated carbocycles. The van der Waals surface area contributed by atoms with Gasteiger partial charge in [0.05, 0.1) is 0 Å². The summed E-state index contributed by atoms with van der Waals surface area (Å²) in [4.78, 5) is 0. The third kappa shape index (κ3) is 7.88. The van der Waals surface area contributed by atoms with Crippen LogP contribution >= 0.6 is 0 Å². The molecule has 0 rings (SSSR count). The summed E-state index contributed by atoms with van der Waals surface area (Å²) in [6, 6.07) is 0. The lowest BCUT2D eigenvalue weighted by Gasteiger charge is -2.23. The zero-order valence-corrected chi connectivity index (χ0v) is 11.7. The van der Waals surface area contributed by atoms with E-state index in [1.54, 1.807) is 0 Å². The van der Waals surface area contributed by atoms with Crippen LogP contribution in [-0.4, -0.2) is 0 Å². The predicted molar refractivity (Wildman–Crippen MR) is 71.2 cm³/mol. The van der Waals surface area contributed by atoms with Crippen molar-refractivity contribution in [2.24, 2.45) is 17.8 Å². The predicted octanol–water partition coefficient (Wildman–Crippen LogP) is 5.67. The molecule has 0 aliphatic heterocycles. The van der Waals surface area contributed by atoms with E-state index in [0.29, 0.717) is 0 Å². The SMILES string of the molecule is CCCC(CCC)C(C)CCCC(C)C. The van der Waals surface area contributed by atoms with Gasteiger partial charge in [0.1, 0.15) is 0 Å². The standard InChI is InChI=1S/C15H32/c1-6-9-15(10-7-2)14(5)12-8-11-13(3)4/h13-15H,6-12H2,1-5H3. The van der Waals surface area contributed by atoms with Gasteiger partial charge < -0.3 is 0 Å². The molecule has 0 saturated heterocycles. The second-order valence-corrected chi connectivity index (χ2v) is 5.64. The summed E-state index contributed by atoms with van der Waals surface area (Å²) in [5, 5.41) is 0. The Morgan fingerprint density at radius 3 is 1.67 bits per heavy atom. The van der Waals surface area contributed by atoms with Crippen LogP contribution in [0.5, 0.6) is 0 Å². The van der Waals surface area contributed by atoms with Crippen molar-refractivity contribution in [2.75, 3.05) is 0 Å². The number of rotatable bonds is 9. The van der Waals surface area contributed by atoms with E-state index in [0.717, 1.165) is 17.8 Å². The van der Waals surface area contributed by atoms with Gasteiger partial charge in [-0.3, -0.25) is 0 Å². The van der Waals surface area contributed by atoms with Crippen molar-refractivity contribution in [1.82, 2.24) is 0 Å². The lowest BCUT2D eigenvalue weighted by atomic mass is 9.83. The van der Waals surface area contributed by atoms with Gasteiger partial charge >= 0.3 is 0 Å². The Kier molecular flexibility index (Phi) is 9.24. The normalized spacial score (nSPS) is 13.8. The van der Waals surface area contributed by atoms with Gasteiger partial charge in [-0.1, -0.05) is 79.6 Å². The van der Waals surface area contributed by atoms with Crippen LogP contribution < -0.4 is 0 Å². The van der Waals surface area contributed by atoms with Crippen LogP contribution in [0.15, 0.2) is 0 Å². The molecule has 0 heterocycles. The first kappa shape index (κ1) is 15.0. The molecule has 0 aromatic rings. The zero-order valence-electron chi connectivity index (χ0n) is 11.7. The van der Waals surface area contributed by atoms with Crippen LogP contribution in [0.4, 0.5) is 0 Å². The molecule has 0 spiro atoms. The largest absolute Gasteiger partial charge is 0.0654 e. The van der Waals surface area contributed by atoms with Crippen molar-refractivity contribution in [3.05, 3.63) is 0 Å². The Hall–Kier alpha value is 0. The van der Waals surface area contributed by atoms with Crippen molar-refractivity contribution < 1.29 is 0 Å². The van der Waals surface area contributed by atoms with Crippen molar-refractivity contribution in [3.8, 4) is 0 Å². The quantitative estimate of drug-likeness (QED) is 0.462. The molecule has 1 unspecified atom stereocenters. The van der Waals surface area contributed by atoms with E-state index in [9.17, 15) is 0 Å². The topological polar surface area (TPSA) is 0 Å². The fraction of sp³-hybridized carbons (Fsp3) is 1.00. The molecule has 1 atom stereocenters. The second-order valence-electron chi connectivity index (χ2n) is 5.64. The summed E-state index contributed by atoms with van der Waals surface area (Å²) < 4.78 is 0. The van der Waals surface area contributed by atoms with Gasteiger partial charge in [-0.15, -0.1) is 0 Å². The van der Waals surface area contributed by atoms with E-state index >= 15 is 0 Å². The minimum Gasteiger partial charge on any atom is -0.0654 e. The van der Waals surface area contributed by atoms with Crippen molar-refractivity contribution in [2.45, 2.75) is 79.6 Å². The van der Waals surface area contributed by atoms with Crippen molar-refractivity contribution in [3.63, 3.8) is 0 Å². The molecule has 0 amide bonds. The molecule has 0 nitrogen and oxygen atoms in total. The van der Waals surface area contributed by atoms with E-state index < -0.39 is 0 Å². The van der Waals surface area contributed by atoms with Crippen LogP contribution in [0.1, 0.15) is 79.6 Å². The third-order valence-corrected chi connectivity index (χ3v) is 3.56. The summed E-state index contributed by atoms with van der Waals surface area (Å²) >= 11 is 0. The van der Waals surface area contributed by atoms with Gasteiger partial charge in [-0.25, -0.2) is 0 Å². The maximum Gasteiger partial charge on any atom is -0.0389 e. The lowest BCUT2D eigenvalue weighted by molar-refractivity contribution is 0.283. The highest BCUT2D eigenvalue weighted by atomic mass is 14.2. The smallest absolute Gasteiger partial charge is 0.0389 e. The van der Waals surface area contributed by atoms with Gasteiger partial charge in [0.25, 0.3) is 0 Å². The second kappa shape index (κ2) is 9.24. The van der Waals surface area contributed by atoms with Gasteiger partial charge in [0, 0.05) is 0 Å². The average molecular weight is 212 g/mol. The zero-order chi connectivity index (χ0) is 11.7. The molecule has 0 fully saturated rings. The fourth-order valence-electron chi connectivity index (χ4n) is 2.54. The number of hydrogen-bond acceptors (Lipinski definition) is 0. The van der Waals surface area contributed by atoms with Gasteiger partial charge in [0.15, 0.2) is 0 Å². The molecule has 0 N–H and O–H groups in total. The van der Waals surface area contributed by atoms with Gasteiger partial charge in [0.2, 0.25) is 0 Å². The molecule has 0 aliphatic rings. The molecule has 0 aromatic heterocycles. The Labute approximate surface area is 97.8 Å². The summed E-state index contributed by atoms with van der Waals surface area (Å²) in [6.45, 7) is 11.8. The average Bonchev–Trinajstić information content (AvgIpc) is 2.16. The first-order chi connectivity index (χ1) is 7.11. The monoisotopic (exact) mass is 212 g/mol. The number of hydrogen-bond donors (Lipinski definition) is 0. The summed E-state index contributed by atoms with van der Waals surface area (Å²) in [6.07, 6.45) is 9.90. The molecular weight excluding hydrogens is 180 g/mol. The highest BCUT2D eigenvalue weighted by Gasteiger charge is 2.15. The first-order valence-electron chi connectivity index (χ1n) is 7.11. The minimum atomic E-state index is 0.882. The molecule has 0 bridgehead atoms. The fourth-order valence-corrected chi connectivity index (χ4v) is 2.54. The highest BCUT2D eigenvalue weighted by Crippen LogP contribution is 2.27. The summed E-state index contributed by atoms with van der Waals surface area (Å²) in [5.74, 6) is 2.82. The molecule has 0 aromatic carbocycles. The van der Waals surface area contributed by atoms with Crippen molar-refractivity contribution in [1.29, 1.82) is 0 Å².